The molecule has 0 heterocycles. The van der Waals surface area contributed by atoms with Crippen molar-refractivity contribution < 1.29 is 0 Å². The zero-order valence-electron chi connectivity index (χ0n) is 10.2. The zero-order chi connectivity index (χ0) is 11.1. The molecule has 1 aromatic rings. The maximum absolute atomic E-state index is 3.72. The van der Waals surface area contributed by atoms with Crippen molar-refractivity contribution in [2.75, 3.05) is 0 Å². The molecule has 0 spiro atoms. The average Bonchev–Trinajstić information content (AvgIpc) is 2.32. The van der Waals surface area contributed by atoms with E-state index in [0.29, 0.717) is 12.1 Å². The SMILES string of the molecule is CCC(CC)NC(CC)c1ccccc1. The van der Waals surface area contributed by atoms with Crippen LogP contribution in [0.2, 0.25) is 0 Å². The number of rotatable bonds is 6. The summed E-state index contributed by atoms with van der Waals surface area (Å²) < 4.78 is 0. The van der Waals surface area contributed by atoms with Gasteiger partial charge in [-0.3, -0.25) is 0 Å². The van der Waals surface area contributed by atoms with Gasteiger partial charge >= 0.3 is 0 Å². The standard InChI is InChI=1S/C14H23N/c1-4-13(5-2)15-14(6-3)12-10-8-7-9-11-12/h7-11,13-15H,4-6H2,1-3H3. The van der Waals surface area contributed by atoms with Crippen LogP contribution in [0.1, 0.15) is 51.6 Å². The van der Waals surface area contributed by atoms with Crippen molar-refractivity contribution >= 4 is 0 Å². The Morgan fingerprint density at radius 1 is 0.933 bits per heavy atom. The Balaban J connectivity index is 2.64. The molecule has 84 valence electrons. The first-order valence-corrected chi connectivity index (χ1v) is 6.12. The molecular formula is C14H23N. The van der Waals surface area contributed by atoms with Crippen molar-refractivity contribution in [1.29, 1.82) is 0 Å². The summed E-state index contributed by atoms with van der Waals surface area (Å²) in [5.41, 5.74) is 1.41. The molecule has 0 aliphatic carbocycles. The summed E-state index contributed by atoms with van der Waals surface area (Å²) >= 11 is 0. The summed E-state index contributed by atoms with van der Waals surface area (Å²) in [7, 11) is 0. The lowest BCUT2D eigenvalue weighted by Crippen LogP contribution is -2.31. The highest BCUT2D eigenvalue weighted by molar-refractivity contribution is 5.18. The second-order valence-corrected chi connectivity index (χ2v) is 4.05. The van der Waals surface area contributed by atoms with Gasteiger partial charge in [0.2, 0.25) is 0 Å². The number of benzene rings is 1. The molecule has 0 aliphatic rings. The summed E-state index contributed by atoms with van der Waals surface area (Å²) in [5, 5.41) is 3.72. The van der Waals surface area contributed by atoms with Crippen LogP contribution in [0.25, 0.3) is 0 Å². The van der Waals surface area contributed by atoms with E-state index in [1.807, 2.05) is 0 Å². The van der Waals surface area contributed by atoms with Crippen LogP contribution in [0.5, 0.6) is 0 Å². The molecule has 0 aromatic heterocycles. The summed E-state index contributed by atoms with van der Waals surface area (Å²) in [6.07, 6.45) is 3.57. The first kappa shape index (κ1) is 12.3. The van der Waals surface area contributed by atoms with E-state index >= 15 is 0 Å². The molecule has 0 saturated carbocycles. The molecule has 0 fully saturated rings. The molecule has 15 heavy (non-hydrogen) atoms. The van der Waals surface area contributed by atoms with E-state index in [4.69, 9.17) is 0 Å². The van der Waals surface area contributed by atoms with E-state index < -0.39 is 0 Å². The van der Waals surface area contributed by atoms with Gasteiger partial charge in [0.1, 0.15) is 0 Å². The predicted molar refractivity (Wildman–Crippen MR) is 67.0 cm³/mol. The number of nitrogens with one attached hydrogen (secondary N) is 1. The average molecular weight is 205 g/mol. The van der Waals surface area contributed by atoms with Gasteiger partial charge in [0.25, 0.3) is 0 Å². The molecule has 1 rings (SSSR count). The first-order valence-electron chi connectivity index (χ1n) is 6.12. The minimum atomic E-state index is 0.510. The highest BCUT2D eigenvalue weighted by atomic mass is 14.9. The van der Waals surface area contributed by atoms with Crippen LogP contribution in [0, 0.1) is 0 Å². The molecular weight excluding hydrogens is 182 g/mol. The predicted octanol–water partition coefficient (Wildman–Crippen LogP) is 3.92. The minimum absolute atomic E-state index is 0.510. The summed E-state index contributed by atoms with van der Waals surface area (Å²) in [6, 6.07) is 11.9. The molecule has 1 N–H and O–H groups in total. The van der Waals surface area contributed by atoms with Crippen molar-refractivity contribution in [2.24, 2.45) is 0 Å². The van der Waals surface area contributed by atoms with Crippen molar-refractivity contribution in [3.8, 4) is 0 Å². The molecule has 0 aliphatic heterocycles. The first-order chi connectivity index (χ1) is 7.31. The van der Waals surface area contributed by atoms with Crippen LogP contribution >= 0.6 is 0 Å². The van der Waals surface area contributed by atoms with E-state index in [-0.39, 0.29) is 0 Å². The molecule has 0 radical (unpaired) electrons. The van der Waals surface area contributed by atoms with Gasteiger partial charge in [0.15, 0.2) is 0 Å². The Kier molecular flexibility index (Phi) is 5.41. The van der Waals surface area contributed by atoms with Crippen molar-refractivity contribution in [1.82, 2.24) is 5.32 Å². The van der Waals surface area contributed by atoms with Gasteiger partial charge in [-0.25, -0.2) is 0 Å². The van der Waals surface area contributed by atoms with Gasteiger partial charge in [0, 0.05) is 12.1 Å². The second-order valence-electron chi connectivity index (χ2n) is 4.05. The van der Waals surface area contributed by atoms with Crippen LogP contribution < -0.4 is 5.32 Å². The lowest BCUT2D eigenvalue weighted by Gasteiger charge is -2.23. The van der Waals surface area contributed by atoms with E-state index in [2.05, 4.69) is 56.4 Å². The Bertz CT molecular complexity index is 251. The quantitative estimate of drug-likeness (QED) is 0.742. The van der Waals surface area contributed by atoms with Crippen LogP contribution in [0.3, 0.4) is 0 Å². The largest absolute Gasteiger partial charge is 0.307 e. The molecule has 0 bridgehead atoms. The molecule has 1 nitrogen and oxygen atoms in total. The lowest BCUT2D eigenvalue weighted by atomic mass is 10.0. The maximum atomic E-state index is 3.72. The Morgan fingerprint density at radius 3 is 2.00 bits per heavy atom. The van der Waals surface area contributed by atoms with Gasteiger partial charge in [-0.2, -0.15) is 0 Å². The maximum Gasteiger partial charge on any atom is 0.0320 e. The van der Waals surface area contributed by atoms with Crippen LogP contribution in [0.15, 0.2) is 30.3 Å². The van der Waals surface area contributed by atoms with E-state index in [1.165, 1.54) is 18.4 Å². The van der Waals surface area contributed by atoms with Crippen LogP contribution in [0.4, 0.5) is 0 Å². The van der Waals surface area contributed by atoms with Crippen molar-refractivity contribution in [3.63, 3.8) is 0 Å². The van der Waals surface area contributed by atoms with Gasteiger partial charge in [-0.1, -0.05) is 51.1 Å². The second kappa shape index (κ2) is 6.62. The van der Waals surface area contributed by atoms with Crippen LogP contribution in [-0.4, -0.2) is 6.04 Å². The fourth-order valence-corrected chi connectivity index (χ4v) is 1.94. The highest BCUT2D eigenvalue weighted by Crippen LogP contribution is 2.17. The Hall–Kier alpha value is -0.820. The molecule has 1 aromatic carbocycles. The normalized spacial score (nSPS) is 13.1. The number of hydrogen-bond acceptors (Lipinski definition) is 1. The third kappa shape index (κ3) is 3.67. The smallest absolute Gasteiger partial charge is 0.0320 e. The summed E-state index contributed by atoms with van der Waals surface area (Å²) in [4.78, 5) is 0. The summed E-state index contributed by atoms with van der Waals surface area (Å²) in [5.74, 6) is 0. The van der Waals surface area contributed by atoms with Crippen molar-refractivity contribution in [3.05, 3.63) is 35.9 Å². The molecule has 1 unspecified atom stereocenters. The fraction of sp³-hybridized carbons (Fsp3) is 0.571. The Labute approximate surface area is 93.9 Å². The van der Waals surface area contributed by atoms with E-state index in [0.717, 1.165) is 6.42 Å². The minimum Gasteiger partial charge on any atom is -0.307 e. The van der Waals surface area contributed by atoms with Gasteiger partial charge in [-0.05, 0) is 24.8 Å². The molecule has 1 atom stereocenters. The topological polar surface area (TPSA) is 12.0 Å². The van der Waals surface area contributed by atoms with Gasteiger partial charge in [0.05, 0.1) is 0 Å². The molecule has 0 amide bonds. The lowest BCUT2D eigenvalue weighted by molar-refractivity contribution is 0.407. The highest BCUT2D eigenvalue weighted by Gasteiger charge is 2.12. The van der Waals surface area contributed by atoms with Gasteiger partial charge in [-0.15, -0.1) is 0 Å². The molecule has 0 saturated heterocycles. The molecule has 1 heteroatoms. The monoisotopic (exact) mass is 205 g/mol. The Morgan fingerprint density at radius 2 is 1.53 bits per heavy atom. The van der Waals surface area contributed by atoms with Gasteiger partial charge < -0.3 is 5.32 Å². The number of hydrogen-bond donors (Lipinski definition) is 1. The van der Waals surface area contributed by atoms with Crippen molar-refractivity contribution in [2.45, 2.75) is 52.1 Å². The third-order valence-electron chi connectivity index (χ3n) is 3.03. The fourth-order valence-electron chi connectivity index (χ4n) is 1.94. The third-order valence-corrected chi connectivity index (χ3v) is 3.03. The summed E-state index contributed by atoms with van der Waals surface area (Å²) in [6.45, 7) is 6.74. The van der Waals surface area contributed by atoms with Crippen LogP contribution in [-0.2, 0) is 0 Å². The zero-order valence-corrected chi connectivity index (χ0v) is 10.2. The van der Waals surface area contributed by atoms with E-state index in [9.17, 15) is 0 Å². The van der Waals surface area contributed by atoms with E-state index in [1.54, 1.807) is 0 Å².